The van der Waals surface area contributed by atoms with E-state index in [0.717, 1.165) is 25.9 Å². The van der Waals surface area contributed by atoms with E-state index in [-0.39, 0.29) is 17.9 Å². The zero-order chi connectivity index (χ0) is 16.5. The molecule has 1 fully saturated rings. The lowest BCUT2D eigenvalue weighted by molar-refractivity contribution is -0.124. The average molecular weight is 322 g/mol. The van der Waals surface area contributed by atoms with E-state index in [1.807, 2.05) is 12.1 Å². The predicted molar refractivity (Wildman–Crippen MR) is 87.9 cm³/mol. The van der Waals surface area contributed by atoms with Crippen molar-refractivity contribution >= 4 is 5.91 Å². The van der Waals surface area contributed by atoms with Crippen molar-refractivity contribution in [1.29, 1.82) is 0 Å². The molecule has 1 amide bonds. The van der Waals surface area contributed by atoms with Crippen molar-refractivity contribution in [3.05, 3.63) is 24.3 Å². The maximum absolute atomic E-state index is 12.0. The van der Waals surface area contributed by atoms with Gasteiger partial charge in [0.2, 0.25) is 0 Å². The van der Waals surface area contributed by atoms with Crippen LogP contribution in [0.4, 0.5) is 0 Å². The molecule has 2 rings (SSSR count). The Kier molecular flexibility index (Phi) is 6.67. The maximum Gasteiger partial charge on any atom is 0.257 e. The lowest BCUT2D eigenvalue weighted by Crippen LogP contribution is -2.47. The molecule has 0 aromatic heterocycles. The van der Waals surface area contributed by atoms with Crippen LogP contribution < -0.4 is 20.1 Å². The minimum absolute atomic E-state index is 0.00548. The third-order valence-electron chi connectivity index (χ3n) is 4.19. The lowest BCUT2D eigenvalue weighted by atomic mass is 9.79. The molecule has 1 aliphatic heterocycles. The fraction of sp³-hybridized carbons (Fsp3) is 0.588. The number of nitrogens with one attached hydrogen (secondary N) is 2. The minimum atomic E-state index is -0.123. The van der Waals surface area contributed by atoms with Crippen LogP contribution in [0.1, 0.15) is 12.8 Å². The summed E-state index contributed by atoms with van der Waals surface area (Å²) in [5.41, 5.74) is 0.0195. The van der Waals surface area contributed by atoms with Gasteiger partial charge in [0.15, 0.2) is 6.61 Å². The Hall–Kier alpha value is -1.79. The molecule has 0 saturated carbocycles. The molecule has 1 aliphatic rings. The third kappa shape index (κ3) is 5.41. The van der Waals surface area contributed by atoms with Crippen LogP contribution in [0.5, 0.6) is 11.5 Å². The molecule has 0 radical (unpaired) electrons. The van der Waals surface area contributed by atoms with Crippen LogP contribution in [0.15, 0.2) is 24.3 Å². The molecule has 0 spiro atoms. The Labute approximate surface area is 137 Å². The van der Waals surface area contributed by atoms with Gasteiger partial charge in [0.05, 0.1) is 13.7 Å². The van der Waals surface area contributed by atoms with E-state index in [4.69, 9.17) is 14.2 Å². The summed E-state index contributed by atoms with van der Waals surface area (Å²) in [5.74, 6) is 1.20. The summed E-state index contributed by atoms with van der Waals surface area (Å²) in [5, 5.41) is 6.31. The number of hydrogen-bond donors (Lipinski definition) is 2. The molecule has 6 nitrogen and oxygen atoms in total. The molecule has 2 N–H and O–H groups in total. The van der Waals surface area contributed by atoms with Gasteiger partial charge in [-0.05, 0) is 38.1 Å². The zero-order valence-corrected chi connectivity index (χ0v) is 13.9. The molecule has 0 atom stereocenters. The summed E-state index contributed by atoms with van der Waals surface area (Å²) in [6.07, 6.45) is 2.00. The van der Waals surface area contributed by atoms with Gasteiger partial charge in [-0.1, -0.05) is 6.07 Å². The first-order valence-corrected chi connectivity index (χ1v) is 7.91. The molecule has 1 heterocycles. The van der Waals surface area contributed by atoms with Crippen molar-refractivity contribution in [3.8, 4) is 11.5 Å². The van der Waals surface area contributed by atoms with Crippen molar-refractivity contribution in [2.45, 2.75) is 12.8 Å². The van der Waals surface area contributed by atoms with E-state index in [1.165, 1.54) is 0 Å². The summed E-state index contributed by atoms with van der Waals surface area (Å²) in [7, 11) is 3.30. The van der Waals surface area contributed by atoms with Crippen LogP contribution in [-0.4, -0.2) is 53.0 Å². The van der Waals surface area contributed by atoms with E-state index in [0.29, 0.717) is 24.7 Å². The SMILES string of the molecule is COCC1(CNC(=O)COc2cccc(OC)c2)CCNCC1. The number of hydrogen-bond acceptors (Lipinski definition) is 5. The van der Waals surface area contributed by atoms with Crippen molar-refractivity contribution in [2.24, 2.45) is 5.41 Å². The number of benzene rings is 1. The lowest BCUT2D eigenvalue weighted by Gasteiger charge is -2.37. The van der Waals surface area contributed by atoms with E-state index < -0.39 is 0 Å². The Morgan fingerprint density at radius 1 is 1.26 bits per heavy atom. The van der Waals surface area contributed by atoms with Gasteiger partial charge in [0, 0.05) is 25.1 Å². The van der Waals surface area contributed by atoms with Crippen molar-refractivity contribution < 1.29 is 19.0 Å². The van der Waals surface area contributed by atoms with Crippen molar-refractivity contribution in [2.75, 3.05) is 47.1 Å². The monoisotopic (exact) mass is 322 g/mol. The number of methoxy groups -OCH3 is 2. The number of rotatable bonds is 8. The van der Waals surface area contributed by atoms with Gasteiger partial charge in [0.1, 0.15) is 11.5 Å². The van der Waals surface area contributed by atoms with E-state index in [1.54, 1.807) is 26.4 Å². The highest BCUT2D eigenvalue weighted by Crippen LogP contribution is 2.28. The normalized spacial score (nSPS) is 16.6. The highest BCUT2D eigenvalue weighted by molar-refractivity contribution is 5.77. The van der Waals surface area contributed by atoms with Gasteiger partial charge in [-0.15, -0.1) is 0 Å². The highest BCUT2D eigenvalue weighted by atomic mass is 16.5. The number of piperidine rings is 1. The molecular weight excluding hydrogens is 296 g/mol. The van der Waals surface area contributed by atoms with Crippen molar-refractivity contribution in [3.63, 3.8) is 0 Å². The Bertz CT molecular complexity index is 496. The summed E-state index contributed by atoms with van der Waals surface area (Å²) in [4.78, 5) is 12.0. The first kappa shape index (κ1) is 17.6. The Balaban J connectivity index is 1.79. The Morgan fingerprint density at radius 2 is 2.00 bits per heavy atom. The maximum atomic E-state index is 12.0. The smallest absolute Gasteiger partial charge is 0.257 e. The number of carbonyl (C=O) groups excluding carboxylic acids is 1. The molecule has 1 saturated heterocycles. The van der Waals surface area contributed by atoms with Gasteiger partial charge in [0.25, 0.3) is 5.91 Å². The molecule has 0 unspecified atom stereocenters. The van der Waals surface area contributed by atoms with Crippen molar-refractivity contribution in [1.82, 2.24) is 10.6 Å². The topological polar surface area (TPSA) is 68.8 Å². The standard InChI is InChI=1S/C17H26N2O4/c1-21-13-17(6-8-18-9-7-17)12-19-16(20)11-23-15-5-3-4-14(10-15)22-2/h3-5,10,18H,6-9,11-13H2,1-2H3,(H,19,20). The number of carbonyl (C=O) groups is 1. The first-order chi connectivity index (χ1) is 11.2. The van der Waals surface area contributed by atoms with Gasteiger partial charge in [-0.2, -0.15) is 0 Å². The molecule has 128 valence electrons. The quantitative estimate of drug-likeness (QED) is 0.753. The van der Waals surface area contributed by atoms with Crippen LogP contribution in [-0.2, 0) is 9.53 Å². The summed E-state index contributed by atoms with van der Waals surface area (Å²) in [6.45, 7) is 3.18. The molecular formula is C17H26N2O4. The molecule has 23 heavy (non-hydrogen) atoms. The fourth-order valence-electron chi connectivity index (χ4n) is 2.81. The second kappa shape index (κ2) is 8.74. The minimum Gasteiger partial charge on any atom is -0.497 e. The summed E-state index contributed by atoms with van der Waals surface area (Å²) >= 11 is 0. The van der Waals surface area contributed by atoms with E-state index >= 15 is 0 Å². The van der Waals surface area contributed by atoms with E-state index in [2.05, 4.69) is 10.6 Å². The fourth-order valence-corrected chi connectivity index (χ4v) is 2.81. The van der Waals surface area contributed by atoms with Crippen LogP contribution in [0.2, 0.25) is 0 Å². The van der Waals surface area contributed by atoms with Crippen LogP contribution in [0.3, 0.4) is 0 Å². The Morgan fingerprint density at radius 3 is 2.70 bits per heavy atom. The largest absolute Gasteiger partial charge is 0.497 e. The molecule has 1 aromatic rings. The molecule has 1 aromatic carbocycles. The second-order valence-corrected chi connectivity index (χ2v) is 5.93. The molecule has 6 heteroatoms. The first-order valence-electron chi connectivity index (χ1n) is 7.91. The van der Waals surface area contributed by atoms with Crippen LogP contribution in [0, 0.1) is 5.41 Å². The second-order valence-electron chi connectivity index (χ2n) is 5.93. The number of amides is 1. The third-order valence-corrected chi connectivity index (χ3v) is 4.19. The van der Waals surface area contributed by atoms with Gasteiger partial charge in [-0.3, -0.25) is 4.79 Å². The van der Waals surface area contributed by atoms with Crippen LogP contribution >= 0.6 is 0 Å². The summed E-state index contributed by atoms with van der Waals surface area (Å²) in [6, 6.07) is 7.22. The van der Waals surface area contributed by atoms with Gasteiger partial charge < -0.3 is 24.8 Å². The number of ether oxygens (including phenoxy) is 3. The summed E-state index contributed by atoms with van der Waals surface area (Å²) < 4.78 is 16.0. The molecule has 0 aliphatic carbocycles. The highest BCUT2D eigenvalue weighted by Gasteiger charge is 2.32. The molecule has 0 bridgehead atoms. The van der Waals surface area contributed by atoms with Gasteiger partial charge in [-0.25, -0.2) is 0 Å². The van der Waals surface area contributed by atoms with Gasteiger partial charge >= 0.3 is 0 Å². The van der Waals surface area contributed by atoms with Crippen LogP contribution in [0.25, 0.3) is 0 Å². The average Bonchev–Trinajstić information content (AvgIpc) is 2.59. The van der Waals surface area contributed by atoms with E-state index in [9.17, 15) is 4.79 Å². The zero-order valence-electron chi connectivity index (χ0n) is 13.9. The predicted octanol–water partition coefficient (Wildman–Crippen LogP) is 1.21.